The Hall–Kier alpha value is -1.10. The molecule has 1 saturated heterocycles. The van der Waals surface area contributed by atoms with Crippen molar-refractivity contribution < 1.29 is 17.6 Å². The first-order chi connectivity index (χ1) is 8.89. The van der Waals surface area contributed by atoms with E-state index in [-0.39, 0.29) is 17.4 Å². The van der Waals surface area contributed by atoms with Crippen molar-refractivity contribution in [1.82, 2.24) is 5.32 Å². The van der Waals surface area contributed by atoms with Gasteiger partial charge in [-0.05, 0) is 61.5 Å². The van der Waals surface area contributed by atoms with Gasteiger partial charge in [0, 0.05) is 0 Å². The van der Waals surface area contributed by atoms with Crippen LogP contribution in [0.3, 0.4) is 0 Å². The molecule has 0 saturated carbocycles. The number of alkyl halides is 3. The molecule has 0 radical (unpaired) electrons. The summed E-state index contributed by atoms with van der Waals surface area (Å²) < 4.78 is 52.2. The van der Waals surface area contributed by atoms with Crippen LogP contribution in [0, 0.1) is 11.7 Å². The number of nitrogens with one attached hydrogen (secondary N) is 1. The van der Waals surface area contributed by atoms with E-state index in [1.807, 2.05) is 0 Å². The first-order valence-electron chi connectivity index (χ1n) is 6.47. The second-order valence-corrected chi connectivity index (χ2v) is 5.11. The normalized spacial score (nSPS) is 19.4. The molecule has 1 aromatic rings. The Kier molecular flexibility index (Phi) is 4.13. The maximum Gasteiger partial charge on any atom is 0.416 e. The number of hydrogen-bond donors (Lipinski definition) is 1. The quantitative estimate of drug-likeness (QED) is 0.806. The van der Waals surface area contributed by atoms with Crippen LogP contribution >= 0.6 is 0 Å². The molecule has 1 atom stereocenters. The zero-order valence-electron chi connectivity index (χ0n) is 10.7. The topological polar surface area (TPSA) is 12.0 Å². The first-order valence-corrected chi connectivity index (χ1v) is 6.47. The van der Waals surface area contributed by atoms with Crippen LogP contribution in [-0.2, 0) is 6.18 Å². The number of rotatable bonds is 2. The lowest BCUT2D eigenvalue weighted by Gasteiger charge is -2.30. The average Bonchev–Trinajstić information content (AvgIpc) is 2.37. The molecule has 1 aromatic carbocycles. The fourth-order valence-corrected chi connectivity index (χ4v) is 2.77. The van der Waals surface area contributed by atoms with Gasteiger partial charge >= 0.3 is 6.18 Å². The fourth-order valence-electron chi connectivity index (χ4n) is 2.77. The Balaban J connectivity index is 2.33. The first kappa shape index (κ1) is 14.3. The van der Waals surface area contributed by atoms with Crippen LogP contribution in [0.4, 0.5) is 17.6 Å². The van der Waals surface area contributed by atoms with Crippen molar-refractivity contribution in [3.63, 3.8) is 0 Å². The second kappa shape index (κ2) is 5.49. The third kappa shape index (κ3) is 3.26. The van der Waals surface area contributed by atoms with Crippen molar-refractivity contribution in [3.8, 4) is 0 Å². The van der Waals surface area contributed by atoms with Crippen molar-refractivity contribution in [2.45, 2.75) is 31.9 Å². The van der Waals surface area contributed by atoms with Crippen molar-refractivity contribution in [2.75, 3.05) is 13.1 Å². The molecule has 0 aromatic heterocycles. The van der Waals surface area contributed by atoms with E-state index in [9.17, 15) is 17.6 Å². The Bertz CT molecular complexity index is 436. The third-order valence-electron chi connectivity index (χ3n) is 3.90. The van der Waals surface area contributed by atoms with E-state index < -0.39 is 17.6 Å². The second-order valence-electron chi connectivity index (χ2n) is 5.11. The molecule has 0 bridgehead atoms. The third-order valence-corrected chi connectivity index (χ3v) is 3.90. The molecule has 19 heavy (non-hydrogen) atoms. The minimum Gasteiger partial charge on any atom is -0.317 e. The van der Waals surface area contributed by atoms with E-state index in [1.165, 1.54) is 0 Å². The number of piperidine rings is 1. The predicted molar refractivity (Wildman–Crippen MR) is 65.4 cm³/mol. The summed E-state index contributed by atoms with van der Waals surface area (Å²) in [7, 11) is 0. The summed E-state index contributed by atoms with van der Waals surface area (Å²) in [5.74, 6) is -0.720. The highest BCUT2D eigenvalue weighted by Gasteiger charge is 2.36. The van der Waals surface area contributed by atoms with Gasteiger partial charge in [0.05, 0.1) is 5.56 Å². The van der Waals surface area contributed by atoms with E-state index >= 15 is 0 Å². The van der Waals surface area contributed by atoms with Gasteiger partial charge in [0.15, 0.2) is 0 Å². The molecule has 1 heterocycles. The molecule has 0 spiro atoms. The predicted octanol–water partition coefficient (Wildman–Crippen LogP) is 3.95. The van der Waals surface area contributed by atoms with Gasteiger partial charge in [0.1, 0.15) is 5.82 Å². The molecule has 0 amide bonds. The lowest BCUT2D eigenvalue weighted by Crippen LogP contribution is -2.30. The maximum atomic E-state index is 13.3. The van der Waals surface area contributed by atoms with Crippen LogP contribution in [0.25, 0.3) is 0 Å². The van der Waals surface area contributed by atoms with Crippen LogP contribution < -0.4 is 5.32 Å². The van der Waals surface area contributed by atoms with Crippen molar-refractivity contribution in [3.05, 3.63) is 35.1 Å². The van der Waals surface area contributed by atoms with Gasteiger partial charge in [-0.2, -0.15) is 13.2 Å². The maximum absolute atomic E-state index is 13.3. The summed E-state index contributed by atoms with van der Waals surface area (Å²) in [6.45, 7) is 3.39. The van der Waals surface area contributed by atoms with Gasteiger partial charge in [-0.15, -0.1) is 0 Å². The SMILES string of the molecule is CC(c1cc(F)ccc1C(F)(F)F)C1CCNCC1. The monoisotopic (exact) mass is 275 g/mol. The summed E-state index contributed by atoms with van der Waals surface area (Å²) in [4.78, 5) is 0. The van der Waals surface area contributed by atoms with Crippen LogP contribution in [0.15, 0.2) is 18.2 Å². The van der Waals surface area contributed by atoms with Gasteiger partial charge in [-0.1, -0.05) is 6.92 Å². The minimum atomic E-state index is -4.43. The number of benzene rings is 1. The Morgan fingerprint density at radius 1 is 1.21 bits per heavy atom. The van der Waals surface area contributed by atoms with Gasteiger partial charge in [0.2, 0.25) is 0 Å². The largest absolute Gasteiger partial charge is 0.416 e. The highest BCUT2D eigenvalue weighted by Crippen LogP contribution is 2.39. The van der Waals surface area contributed by atoms with E-state index in [0.29, 0.717) is 0 Å². The summed E-state index contributed by atoms with van der Waals surface area (Å²) in [5, 5.41) is 3.18. The smallest absolute Gasteiger partial charge is 0.317 e. The van der Waals surface area contributed by atoms with Crippen molar-refractivity contribution in [1.29, 1.82) is 0 Å². The summed E-state index contributed by atoms with van der Waals surface area (Å²) in [5.41, 5.74) is -0.626. The highest BCUT2D eigenvalue weighted by molar-refractivity contribution is 5.33. The van der Waals surface area contributed by atoms with Crippen molar-refractivity contribution >= 4 is 0 Å². The van der Waals surface area contributed by atoms with Gasteiger partial charge in [0.25, 0.3) is 0 Å². The number of halogens is 4. The van der Waals surface area contributed by atoms with Crippen LogP contribution in [0.1, 0.15) is 36.8 Å². The molecule has 1 aliphatic heterocycles. The molecule has 1 N–H and O–H groups in total. The lowest BCUT2D eigenvalue weighted by atomic mass is 9.80. The van der Waals surface area contributed by atoms with E-state index in [1.54, 1.807) is 6.92 Å². The molecule has 1 nitrogen and oxygen atoms in total. The van der Waals surface area contributed by atoms with Gasteiger partial charge in [-0.3, -0.25) is 0 Å². The molecule has 5 heteroatoms. The summed E-state index contributed by atoms with van der Waals surface area (Å²) in [6, 6.07) is 2.76. The molecule has 0 aliphatic carbocycles. The Morgan fingerprint density at radius 3 is 2.42 bits per heavy atom. The van der Waals surface area contributed by atoms with Gasteiger partial charge < -0.3 is 5.32 Å². The lowest BCUT2D eigenvalue weighted by molar-refractivity contribution is -0.138. The molecule has 2 rings (SSSR count). The zero-order chi connectivity index (χ0) is 14.0. The van der Waals surface area contributed by atoms with E-state index in [4.69, 9.17) is 0 Å². The number of hydrogen-bond acceptors (Lipinski definition) is 1. The summed E-state index contributed by atoms with van der Waals surface area (Å²) >= 11 is 0. The average molecular weight is 275 g/mol. The summed E-state index contributed by atoms with van der Waals surface area (Å²) in [6.07, 6.45) is -2.77. The van der Waals surface area contributed by atoms with Crippen LogP contribution in [0.2, 0.25) is 0 Å². The van der Waals surface area contributed by atoms with E-state index in [0.717, 1.165) is 44.1 Å². The fraction of sp³-hybridized carbons (Fsp3) is 0.571. The Labute approximate surface area is 110 Å². The van der Waals surface area contributed by atoms with Crippen molar-refractivity contribution in [2.24, 2.45) is 5.92 Å². The molecule has 1 aliphatic rings. The molecular weight excluding hydrogens is 258 g/mol. The minimum absolute atomic E-state index is 0.0828. The highest BCUT2D eigenvalue weighted by atomic mass is 19.4. The standard InChI is InChI=1S/C14H17F4N/c1-9(10-4-6-19-7-5-10)12-8-11(15)2-3-13(12)14(16,17)18/h2-3,8-10,19H,4-7H2,1H3. The molecule has 1 unspecified atom stereocenters. The Morgan fingerprint density at radius 2 is 1.84 bits per heavy atom. The van der Waals surface area contributed by atoms with Crippen LogP contribution in [0.5, 0.6) is 0 Å². The van der Waals surface area contributed by atoms with Gasteiger partial charge in [-0.25, -0.2) is 4.39 Å². The molecule has 106 valence electrons. The molecular formula is C14H17F4N. The van der Waals surface area contributed by atoms with E-state index in [2.05, 4.69) is 5.32 Å². The zero-order valence-corrected chi connectivity index (χ0v) is 10.7. The van der Waals surface area contributed by atoms with Crippen LogP contribution in [-0.4, -0.2) is 13.1 Å². The molecule has 1 fully saturated rings.